The molecule has 0 bridgehead atoms. The number of carbonyl (C=O) groups is 3. The van der Waals surface area contributed by atoms with Crippen LogP contribution in [0, 0.1) is 10.7 Å². The molecule has 2 heterocycles. The van der Waals surface area contributed by atoms with Crippen LogP contribution >= 0.6 is 11.8 Å². The Kier molecular flexibility index (Phi) is 7.51. The Morgan fingerprint density at radius 3 is 2.77 bits per heavy atom. The van der Waals surface area contributed by atoms with E-state index in [1.165, 1.54) is 23.1 Å². The van der Waals surface area contributed by atoms with E-state index in [2.05, 4.69) is 21.0 Å². The zero-order valence-corrected chi connectivity index (χ0v) is 19.1. The van der Waals surface area contributed by atoms with Crippen LogP contribution in [0.15, 0.2) is 58.8 Å². The largest absolute Gasteiger partial charge is 0.442 e. The zero-order valence-electron chi connectivity index (χ0n) is 18.3. The maximum absolute atomic E-state index is 14.7. The van der Waals surface area contributed by atoms with Crippen molar-refractivity contribution in [2.45, 2.75) is 12.6 Å². The van der Waals surface area contributed by atoms with Crippen LogP contribution in [0.4, 0.5) is 14.9 Å². The number of nitrogens with zero attached hydrogens (tertiary/aromatic N) is 3. The van der Waals surface area contributed by atoms with E-state index in [-0.39, 0.29) is 42.8 Å². The van der Waals surface area contributed by atoms with Crippen molar-refractivity contribution in [1.82, 2.24) is 10.7 Å². The zero-order chi connectivity index (χ0) is 24.8. The van der Waals surface area contributed by atoms with Crippen molar-refractivity contribution in [2.24, 2.45) is 10.3 Å². The van der Waals surface area contributed by atoms with Crippen molar-refractivity contribution < 1.29 is 23.5 Å². The van der Waals surface area contributed by atoms with Gasteiger partial charge in [0.2, 0.25) is 5.91 Å². The predicted octanol–water partition coefficient (Wildman–Crippen LogP) is 2.77. The fraction of sp³-hybridized carbons (Fsp3) is 0.217. The lowest BCUT2D eigenvalue weighted by Gasteiger charge is -2.16. The number of carbonyl (C=O) groups excluding carboxylic acids is 3. The van der Waals surface area contributed by atoms with Gasteiger partial charge in [0.1, 0.15) is 23.5 Å². The number of hydrogen-bond acceptors (Lipinski definition) is 8. The summed E-state index contributed by atoms with van der Waals surface area (Å²) in [6.45, 7) is 0.315. The molecule has 35 heavy (non-hydrogen) atoms. The van der Waals surface area contributed by atoms with Crippen LogP contribution in [0.1, 0.15) is 16.7 Å². The van der Waals surface area contributed by atoms with E-state index in [1.54, 1.807) is 36.4 Å². The smallest absolute Gasteiger partial charge is 0.414 e. The van der Waals surface area contributed by atoms with Crippen LogP contribution in [-0.4, -0.2) is 47.9 Å². The van der Waals surface area contributed by atoms with E-state index in [0.717, 1.165) is 22.9 Å². The minimum Gasteiger partial charge on any atom is -0.442 e. The number of benzene rings is 2. The van der Waals surface area contributed by atoms with Gasteiger partial charge >= 0.3 is 6.09 Å². The van der Waals surface area contributed by atoms with Gasteiger partial charge in [0.05, 0.1) is 24.5 Å². The molecule has 1 fully saturated rings. The first-order valence-electron chi connectivity index (χ1n) is 10.5. The summed E-state index contributed by atoms with van der Waals surface area (Å²) in [4.78, 5) is 47.2. The molecule has 0 aromatic heterocycles. The van der Waals surface area contributed by atoms with Gasteiger partial charge in [0.25, 0.3) is 5.91 Å². The van der Waals surface area contributed by atoms with E-state index in [9.17, 15) is 23.7 Å². The molecule has 1 saturated heterocycles. The Labute approximate surface area is 203 Å². The molecule has 3 amide bonds. The fourth-order valence-electron chi connectivity index (χ4n) is 3.39. The maximum Gasteiger partial charge on any atom is 0.414 e. The van der Waals surface area contributed by atoms with Gasteiger partial charge in [0, 0.05) is 11.6 Å². The molecule has 4 rings (SSSR count). The van der Waals surface area contributed by atoms with Crippen LogP contribution in [0.3, 0.4) is 0 Å². The molecule has 2 aromatic rings. The lowest BCUT2D eigenvalue weighted by molar-refractivity contribution is -0.118. The molecule has 0 spiro atoms. The number of hydrogen-bond donors (Lipinski definition) is 2. The lowest BCUT2D eigenvalue weighted by Crippen LogP contribution is -2.33. The number of rotatable bonds is 8. The van der Waals surface area contributed by atoms with Crippen LogP contribution < -0.4 is 15.6 Å². The number of anilines is 1. The monoisotopic (exact) mass is 497 g/mol. The number of cyclic esters (lactones) is 1. The van der Waals surface area contributed by atoms with Gasteiger partial charge < -0.3 is 10.1 Å². The van der Waals surface area contributed by atoms with Crippen molar-refractivity contribution in [3.8, 4) is 0 Å². The third kappa shape index (κ3) is 6.09. The van der Waals surface area contributed by atoms with E-state index in [4.69, 9.17) is 4.74 Å². The minimum atomic E-state index is -0.645. The third-order valence-corrected chi connectivity index (χ3v) is 6.14. The number of nitrogens with one attached hydrogen (secondary N) is 2. The first kappa shape index (κ1) is 24.1. The van der Waals surface area contributed by atoms with Crippen molar-refractivity contribution in [2.75, 3.05) is 23.7 Å². The van der Waals surface area contributed by atoms with Gasteiger partial charge in [-0.15, -0.1) is 0 Å². The Bertz CT molecular complexity index is 1220. The molecule has 0 radical (unpaired) electrons. The number of halogens is 1. The first-order valence-corrected chi connectivity index (χ1v) is 11.5. The SMILES string of the molecule is O=NCc1ccc(C=CC(=O)NC[C@H]2CN(c3ccc(C4=NNC(=O)CS4)c(F)c3)C(=O)O2)cc1. The summed E-state index contributed by atoms with van der Waals surface area (Å²) in [5.74, 6) is -1.07. The summed E-state index contributed by atoms with van der Waals surface area (Å²) in [5, 5.41) is 9.70. The van der Waals surface area contributed by atoms with Crippen LogP contribution in [0.25, 0.3) is 6.08 Å². The molecule has 12 heteroatoms. The highest BCUT2D eigenvalue weighted by Crippen LogP contribution is 2.26. The van der Waals surface area contributed by atoms with E-state index in [1.807, 2.05) is 0 Å². The minimum absolute atomic E-state index is 0.0864. The predicted molar refractivity (Wildman–Crippen MR) is 129 cm³/mol. The summed E-state index contributed by atoms with van der Waals surface area (Å²) < 4.78 is 20.0. The normalized spacial score (nSPS) is 17.7. The van der Waals surface area contributed by atoms with Crippen LogP contribution in [0.5, 0.6) is 0 Å². The molecule has 0 saturated carbocycles. The Balaban J connectivity index is 1.31. The third-order valence-electron chi connectivity index (χ3n) is 5.15. The Morgan fingerprint density at radius 2 is 2.09 bits per heavy atom. The highest BCUT2D eigenvalue weighted by Gasteiger charge is 2.33. The van der Waals surface area contributed by atoms with Crippen molar-refractivity contribution in [1.29, 1.82) is 0 Å². The molecule has 10 nitrogen and oxygen atoms in total. The summed E-state index contributed by atoms with van der Waals surface area (Å²) in [7, 11) is 0. The molecular weight excluding hydrogens is 477 g/mol. The average molecular weight is 498 g/mol. The highest BCUT2D eigenvalue weighted by molar-refractivity contribution is 8.15. The Morgan fingerprint density at radius 1 is 1.29 bits per heavy atom. The van der Waals surface area contributed by atoms with E-state index < -0.39 is 18.0 Å². The van der Waals surface area contributed by atoms with Gasteiger partial charge in [0.15, 0.2) is 0 Å². The molecule has 2 aliphatic rings. The summed E-state index contributed by atoms with van der Waals surface area (Å²) in [6.07, 6.45) is 1.72. The first-order chi connectivity index (χ1) is 16.9. The second kappa shape index (κ2) is 10.9. The molecule has 0 unspecified atom stereocenters. The molecule has 2 aliphatic heterocycles. The quantitative estimate of drug-likeness (QED) is 0.426. The lowest BCUT2D eigenvalue weighted by atomic mass is 10.1. The second-order valence-electron chi connectivity index (χ2n) is 7.63. The van der Waals surface area contributed by atoms with E-state index >= 15 is 0 Å². The fourth-order valence-corrected chi connectivity index (χ4v) is 4.15. The number of nitroso groups, excluding NO2 is 1. The Hall–Kier alpha value is -4.06. The van der Waals surface area contributed by atoms with Gasteiger partial charge in [-0.1, -0.05) is 41.2 Å². The van der Waals surface area contributed by atoms with Gasteiger partial charge in [-0.2, -0.15) is 10.0 Å². The maximum atomic E-state index is 14.7. The molecule has 0 aliphatic carbocycles. The standard InChI is InChI=1S/C23H20FN5O5S/c24-19-9-16(6-7-18(19)22-28-27-21(31)13-35-22)29-12-17(34-23(29)32)11-25-20(30)8-5-14-1-3-15(4-2-14)10-26-33/h1-9,17H,10-13H2,(H,25,30)(H,27,31)/t17-/m0/s1. The van der Waals surface area contributed by atoms with Crippen LogP contribution in [0.2, 0.25) is 0 Å². The summed E-state index contributed by atoms with van der Waals surface area (Å²) in [6, 6.07) is 11.3. The molecular formula is C23H20FN5O5S. The van der Waals surface area contributed by atoms with Crippen LogP contribution in [-0.2, 0) is 20.9 Å². The molecule has 180 valence electrons. The summed E-state index contributed by atoms with van der Waals surface area (Å²) >= 11 is 1.12. The average Bonchev–Trinajstić information content (AvgIpc) is 3.23. The van der Waals surface area contributed by atoms with Gasteiger partial charge in [-0.05, 0) is 35.4 Å². The number of thioether (sulfide) groups is 1. The van der Waals surface area contributed by atoms with Gasteiger partial charge in [-0.25, -0.2) is 14.6 Å². The molecule has 2 N–H and O–H groups in total. The van der Waals surface area contributed by atoms with Crippen molar-refractivity contribution >= 4 is 46.5 Å². The highest BCUT2D eigenvalue weighted by atomic mass is 32.2. The summed E-state index contributed by atoms with van der Waals surface area (Å²) in [5.41, 5.74) is 4.39. The molecule has 1 atom stereocenters. The van der Waals surface area contributed by atoms with E-state index in [0.29, 0.717) is 10.7 Å². The van der Waals surface area contributed by atoms with Crippen molar-refractivity contribution in [3.63, 3.8) is 0 Å². The molecule has 2 aromatic carbocycles. The number of ether oxygens (including phenoxy) is 1. The van der Waals surface area contributed by atoms with Gasteiger partial charge in [-0.3, -0.25) is 14.5 Å². The number of hydrazone groups is 1. The topological polar surface area (TPSA) is 130 Å². The van der Waals surface area contributed by atoms with Crippen molar-refractivity contribution in [3.05, 3.63) is 76.0 Å². The number of amides is 3. The second-order valence-corrected chi connectivity index (χ2v) is 8.59.